The number of nitrogens with one attached hydrogen (secondary N) is 1. The summed E-state index contributed by atoms with van der Waals surface area (Å²) in [4.78, 5) is 17.1. The Morgan fingerprint density at radius 2 is 1.94 bits per heavy atom. The van der Waals surface area contributed by atoms with Crippen LogP contribution in [0.25, 0.3) is 11.1 Å². The molecule has 1 fully saturated rings. The number of aryl methyl sites for hydroxylation is 1. The molecule has 1 amide bonds. The molecule has 0 radical (unpaired) electrons. The van der Waals surface area contributed by atoms with Crippen LogP contribution in [0.15, 0.2) is 52.9 Å². The van der Waals surface area contributed by atoms with Crippen LogP contribution in [0.3, 0.4) is 0 Å². The van der Waals surface area contributed by atoms with Crippen LogP contribution in [0.1, 0.15) is 62.8 Å². The number of oxazole rings is 1. The van der Waals surface area contributed by atoms with Crippen molar-refractivity contribution in [3.63, 3.8) is 0 Å². The fraction of sp³-hybridized carbons (Fsp3) is 0.462. The molecular formula is C26H31ClN2O3. The molecule has 0 saturated heterocycles. The zero-order valence-electron chi connectivity index (χ0n) is 18.4. The summed E-state index contributed by atoms with van der Waals surface area (Å²) < 4.78 is 5.89. The predicted octanol–water partition coefficient (Wildman–Crippen LogP) is 5.78. The first-order valence-corrected chi connectivity index (χ1v) is 12.0. The lowest BCUT2D eigenvalue weighted by Crippen LogP contribution is -2.41. The molecule has 0 aliphatic heterocycles. The Labute approximate surface area is 194 Å². The molecule has 2 N–H and O–H groups in total. The highest BCUT2D eigenvalue weighted by Gasteiger charge is 2.35. The lowest BCUT2D eigenvalue weighted by atomic mass is 9.86. The predicted molar refractivity (Wildman–Crippen MR) is 126 cm³/mol. The van der Waals surface area contributed by atoms with E-state index >= 15 is 0 Å². The third kappa shape index (κ3) is 5.90. The van der Waals surface area contributed by atoms with E-state index in [1.54, 1.807) is 18.2 Å². The number of amides is 1. The maximum absolute atomic E-state index is 12.6. The normalized spacial score (nSPS) is 16.7. The summed E-state index contributed by atoms with van der Waals surface area (Å²) in [5, 5.41) is 15.1. The molecule has 1 atom stereocenters. The van der Waals surface area contributed by atoms with Gasteiger partial charge in [0.1, 0.15) is 5.52 Å². The minimum Gasteiger partial charge on any atom is -0.437 e. The van der Waals surface area contributed by atoms with Crippen LogP contribution in [-0.4, -0.2) is 22.5 Å². The van der Waals surface area contributed by atoms with Gasteiger partial charge in [-0.05, 0) is 48.9 Å². The molecule has 5 nitrogen and oxygen atoms in total. The Hall–Kier alpha value is -2.37. The Kier molecular flexibility index (Phi) is 7.48. The summed E-state index contributed by atoms with van der Waals surface area (Å²) in [6.07, 6.45) is 8.71. The van der Waals surface area contributed by atoms with Crippen molar-refractivity contribution in [3.05, 3.63) is 65.0 Å². The van der Waals surface area contributed by atoms with E-state index in [1.165, 1.54) is 32.1 Å². The lowest BCUT2D eigenvalue weighted by Gasteiger charge is -2.26. The van der Waals surface area contributed by atoms with Gasteiger partial charge < -0.3 is 14.8 Å². The van der Waals surface area contributed by atoms with Crippen LogP contribution in [0.5, 0.6) is 0 Å². The van der Waals surface area contributed by atoms with E-state index in [0.717, 1.165) is 12.0 Å². The van der Waals surface area contributed by atoms with Gasteiger partial charge in [-0.25, -0.2) is 4.98 Å². The molecule has 1 heterocycles. The number of hydrogen-bond donors (Lipinski definition) is 2. The van der Waals surface area contributed by atoms with Crippen LogP contribution < -0.4 is 5.32 Å². The van der Waals surface area contributed by atoms with Gasteiger partial charge in [0, 0.05) is 11.4 Å². The van der Waals surface area contributed by atoms with Crippen molar-refractivity contribution in [2.75, 3.05) is 6.54 Å². The number of hydrogen-bond acceptors (Lipinski definition) is 4. The van der Waals surface area contributed by atoms with Crippen LogP contribution in [0, 0.1) is 5.92 Å². The number of halogens is 1. The molecule has 1 aliphatic carbocycles. The van der Waals surface area contributed by atoms with Crippen molar-refractivity contribution in [2.45, 2.75) is 63.4 Å². The van der Waals surface area contributed by atoms with E-state index in [-0.39, 0.29) is 18.3 Å². The van der Waals surface area contributed by atoms with Crippen LogP contribution in [0.2, 0.25) is 5.02 Å². The molecule has 0 bridgehead atoms. The number of benzene rings is 2. The number of aliphatic hydroxyl groups is 1. The van der Waals surface area contributed by atoms with Gasteiger partial charge in [0.2, 0.25) is 11.8 Å². The average molecular weight is 455 g/mol. The van der Waals surface area contributed by atoms with E-state index < -0.39 is 5.60 Å². The fourth-order valence-corrected chi connectivity index (χ4v) is 4.68. The number of rotatable bonds is 9. The Balaban J connectivity index is 1.45. The average Bonchev–Trinajstić information content (AvgIpc) is 3.25. The first-order valence-electron chi connectivity index (χ1n) is 11.6. The van der Waals surface area contributed by atoms with Gasteiger partial charge in [0.15, 0.2) is 11.2 Å². The maximum Gasteiger partial charge on any atom is 0.229 e. The summed E-state index contributed by atoms with van der Waals surface area (Å²) in [5.74, 6) is 0.819. The van der Waals surface area contributed by atoms with E-state index in [4.69, 9.17) is 16.0 Å². The Morgan fingerprint density at radius 3 is 2.72 bits per heavy atom. The molecule has 1 unspecified atom stereocenters. The Morgan fingerprint density at radius 1 is 1.16 bits per heavy atom. The highest BCUT2D eigenvalue weighted by atomic mass is 35.5. The van der Waals surface area contributed by atoms with Crippen LogP contribution in [-0.2, 0) is 16.8 Å². The quantitative estimate of drug-likeness (QED) is 0.429. The second-order valence-corrected chi connectivity index (χ2v) is 9.40. The smallest absolute Gasteiger partial charge is 0.229 e. The van der Waals surface area contributed by atoms with Gasteiger partial charge in [-0.15, -0.1) is 0 Å². The second-order valence-electron chi connectivity index (χ2n) is 8.97. The van der Waals surface area contributed by atoms with Crippen LogP contribution in [0.4, 0.5) is 0 Å². The zero-order chi connectivity index (χ0) is 22.4. The Bertz CT molecular complexity index is 1030. The van der Waals surface area contributed by atoms with Crippen LogP contribution >= 0.6 is 11.6 Å². The number of nitrogens with zero attached hydrogens (tertiary/aromatic N) is 1. The van der Waals surface area contributed by atoms with E-state index in [9.17, 15) is 9.90 Å². The number of aromatic nitrogens is 1. The van der Waals surface area contributed by atoms with E-state index in [1.807, 2.05) is 30.3 Å². The van der Waals surface area contributed by atoms with Crippen molar-refractivity contribution >= 4 is 28.6 Å². The molecule has 32 heavy (non-hydrogen) atoms. The number of fused-ring (bicyclic) bond motifs is 1. The fourth-order valence-electron chi connectivity index (χ4n) is 4.51. The van der Waals surface area contributed by atoms with Gasteiger partial charge in [-0.3, -0.25) is 4.79 Å². The lowest BCUT2D eigenvalue weighted by molar-refractivity contribution is -0.123. The van der Waals surface area contributed by atoms with Gasteiger partial charge in [-0.2, -0.15) is 0 Å². The van der Waals surface area contributed by atoms with Gasteiger partial charge >= 0.3 is 0 Å². The second kappa shape index (κ2) is 10.5. The SMILES string of the molecule is O=C(CCC1CCCCC1)NCC(O)(CCc1ccccc1)c1nc2cc(Cl)ccc2o1. The van der Waals surface area contributed by atoms with Gasteiger partial charge in [-0.1, -0.05) is 74.0 Å². The monoisotopic (exact) mass is 454 g/mol. The zero-order valence-corrected chi connectivity index (χ0v) is 19.1. The summed E-state index contributed by atoms with van der Waals surface area (Å²) in [5.41, 5.74) is 0.844. The van der Waals surface area contributed by atoms with Crippen molar-refractivity contribution in [3.8, 4) is 0 Å². The molecule has 1 saturated carbocycles. The summed E-state index contributed by atoms with van der Waals surface area (Å²) in [7, 11) is 0. The number of carbonyl (C=O) groups excluding carboxylic acids is 1. The standard InChI is InChI=1S/C26H31ClN2O3/c27-21-12-13-23-22(17-21)29-25(32-23)26(31,16-15-20-9-5-2-6-10-20)18-28-24(30)14-11-19-7-3-1-4-8-19/h2,5-6,9-10,12-13,17,19,31H,1,3-4,7-8,11,14-16,18H2,(H,28,30). The van der Waals surface area contributed by atoms with E-state index in [0.29, 0.717) is 41.3 Å². The molecule has 1 aromatic heterocycles. The minimum atomic E-state index is -1.41. The number of carbonyl (C=O) groups is 1. The first kappa shape index (κ1) is 22.8. The molecule has 0 spiro atoms. The molecule has 2 aromatic carbocycles. The molecule has 1 aliphatic rings. The van der Waals surface area contributed by atoms with Gasteiger partial charge in [0.25, 0.3) is 0 Å². The van der Waals surface area contributed by atoms with E-state index in [2.05, 4.69) is 10.3 Å². The molecular weight excluding hydrogens is 424 g/mol. The molecule has 170 valence electrons. The summed E-state index contributed by atoms with van der Waals surface area (Å²) >= 11 is 6.08. The third-order valence-corrected chi connectivity index (χ3v) is 6.74. The highest BCUT2D eigenvalue weighted by Crippen LogP contribution is 2.31. The first-order chi connectivity index (χ1) is 15.5. The minimum absolute atomic E-state index is 0.0344. The third-order valence-electron chi connectivity index (χ3n) is 6.50. The summed E-state index contributed by atoms with van der Waals surface area (Å²) in [6.45, 7) is 0.0594. The maximum atomic E-state index is 12.6. The molecule has 3 aromatic rings. The summed E-state index contributed by atoms with van der Waals surface area (Å²) in [6, 6.07) is 15.1. The highest BCUT2D eigenvalue weighted by molar-refractivity contribution is 6.31. The topological polar surface area (TPSA) is 75.4 Å². The van der Waals surface area contributed by atoms with Crippen molar-refractivity contribution < 1.29 is 14.3 Å². The largest absolute Gasteiger partial charge is 0.437 e. The van der Waals surface area contributed by atoms with Crippen molar-refractivity contribution in [1.29, 1.82) is 0 Å². The van der Waals surface area contributed by atoms with Crippen molar-refractivity contribution in [1.82, 2.24) is 10.3 Å². The van der Waals surface area contributed by atoms with Crippen molar-refractivity contribution in [2.24, 2.45) is 5.92 Å². The van der Waals surface area contributed by atoms with Gasteiger partial charge in [0.05, 0.1) is 6.54 Å². The molecule has 6 heteroatoms. The molecule has 4 rings (SSSR count).